The maximum atomic E-state index is 13.5. The van der Waals surface area contributed by atoms with Crippen LogP contribution in [-0.4, -0.2) is 14.7 Å². The maximum Gasteiger partial charge on any atom is 0.329 e. The van der Waals surface area contributed by atoms with Gasteiger partial charge in [0, 0.05) is 12.1 Å². The van der Waals surface area contributed by atoms with Crippen LogP contribution in [0, 0.1) is 34.5 Å². The number of nitro groups is 1. The zero-order valence-corrected chi connectivity index (χ0v) is 10.1. The molecule has 0 unspecified atom stereocenters. The van der Waals surface area contributed by atoms with E-state index in [1.807, 2.05) is 0 Å². The van der Waals surface area contributed by atoms with Crippen LogP contribution < -0.4 is 0 Å². The van der Waals surface area contributed by atoms with Gasteiger partial charge >= 0.3 is 5.69 Å². The van der Waals surface area contributed by atoms with Crippen molar-refractivity contribution in [3.8, 4) is 5.69 Å². The third-order valence-electron chi connectivity index (χ3n) is 2.37. The van der Waals surface area contributed by atoms with Crippen LogP contribution in [0.25, 0.3) is 5.69 Å². The molecule has 0 aliphatic heterocycles. The lowest BCUT2D eigenvalue weighted by atomic mass is 10.3. The summed E-state index contributed by atoms with van der Waals surface area (Å²) in [7, 11) is 0. The Morgan fingerprint density at radius 3 is 2.37 bits per heavy atom. The van der Waals surface area contributed by atoms with E-state index >= 15 is 0 Å². The van der Waals surface area contributed by atoms with Gasteiger partial charge in [0.1, 0.15) is 11.4 Å². The van der Waals surface area contributed by atoms with E-state index in [0.717, 1.165) is 0 Å². The van der Waals surface area contributed by atoms with E-state index in [1.54, 1.807) is 0 Å². The summed E-state index contributed by atoms with van der Waals surface area (Å²) in [5.74, 6) is -3.84. The second-order valence-corrected chi connectivity index (χ2v) is 3.97. The second kappa shape index (κ2) is 4.54. The van der Waals surface area contributed by atoms with Gasteiger partial charge in [-0.3, -0.25) is 10.1 Å². The van der Waals surface area contributed by atoms with Gasteiger partial charge in [0.05, 0.1) is 4.92 Å². The van der Waals surface area contributed by atoms with E-state index in [0.29, 0.717) is 16.8 Å². The second-order valence-electron chi connectivity index (χ2n) is 3.61. The molecule has 0 radical (unpaired) electrons. The summed E-state index contributed by atoms with van der Waals surface area (Å²) in [6.45, 7) is 1.29. The molecule has 1 aromatic heterocycles. The number of benzene rings is 1. The number of halogens is 4. The Labute approximate surface area is 109 Å². The summed E-state index contributed by atoms with van der Waals surface area (Å²) in [6, 6.07) is 0.830. The lowest BCUT2D eigenvalue weighted by molar-refractivity contribution is -0.385. The molecular weight excluding hydrogens is 287 g/mol. The summed E-state index contributed by atoms with van der Waals surface area (Å²) < 4.78 is 40.1. The molecule has 19 heavy (non-hydrogen) atoms. The van der Waals surface area contributed by atoms with E-state index in [4.69, 9.17) is 11.6 Å². The molecular formula is C10H5ClF3N3O2. The molecule has 5 nitrogen and oxygen atoms in total. The highest BCUT2D eigenvalue weighted by molar-refractivity contribution is 6.32. The highest BCUT2D eigenvalue weighted by Gasteiger charge is 2.26. The molecule has 0 spiro atoms. The number of rotatable bonds is 2. The van der Waals surface area contributed by atoms with Crippen LogP contribution in [0.4, 0.5) is 18.9 Å². The normalized spacial score (nSPS) is 10.8. The third-order valence-corrected chi connectivity index (χ3v) is 2.71. The average molecular weight is 292 g/mol. The van der Waals surface area contributed by atoms with Crippen LogP contribution in [0.5, 0.6) is 0 Å². The van der Waals surface area contributed by atoms with Crippen molar-refractivity contribution >= 4 is 17.3 Å². The fourth-order valence-electron chi connectivity index (χ4n) is 1.53. The minimum absolute atomic E-state index is 0.0702. The van der Waals surface area contributed by atoms with E-state index in [9.17, 15) is 23.3 Å². The molecule has 2 rings (SSSR count). The van der Waals surface area contributed by atoms with Gasteiger partial charge in [-0.1, -0.05) is 11.6 Å². The summed E-state index contributed by atoms with van der Waals surface area (Å²) in [6.07, 6.45) is 0. The largest absolute Gasteiger partial charge is 0.329 e. The molecule has 0 N–H and O–H groups in total. The molecule has 1 heterocycles. The van der Waals surface area contributed by atoms with Crippen LogP contribution in [0.1, 0.15) is 5.69 Å². The Kier molecular flexibility index (Phi) is 3.19. The molecule has 0 bridgehead atoms. The van der Waals surface area contributed by atoms with Crippen molar-refractivity contribution in [2.45, 2.75) is 6.92 Å². The van der Waals surface area contributed by atoms with E-state index in [1.165, 1.54) is 6.92 Å². The molecule has 2 aromatic rings. The number of aryl methyl sites for hydroxylation is 1. The molecule has 0 amide bonds. The van der Waals surface area contributed by atoms with Crippen molar-refractivity contribution in [2.24, 2.45) is 0 Å². The van der Waals surface area contributed by atoms with Gasteiger partial charge in [0.15, 0.2) is 17.5 Å². The van der Waals surface area contributed by atoms with E-state index < -0.39 is 38.9 Å². The van der Waals surface area contributed by atoms with Gasteiger partial charge in [-0.15, -0.1) is 0 Å². The topological polar surface area (TPSA) is 61.0 Å². The summed E-state index contributed by atoms with van der Waals surface area (Å²) in [5, 5.41) is 13.9. The molecule has 0 atom stereocenters. The lowest BCUT2D eigenvalue weighted by Gasteiger charge is -2.04. The van der Waals surface area contributed by atoms with Crippen molar-refractivity contribution in [3.63, 3.8) is 0 Å². The molecule has 1 aromatic carbocycles. The van der Waals surface area contributed by atoms with Crippen molar-refractivity contribution in [2.75, 3.05) is 0 Å². The number of hydrogen-bond acceptors (Lipinski definition) is 3. The van der Waals surface area contributed by atoms with Crippen LogP contribution in [0.15, 0.2) is 12.1 Å². The Hall–Kier alpha value is -2.09. The molecule has 0 aliphatic rings. The number of hydrogen-bond donors (Lipinski definition) is 0. The standard InChI is InChI=1S/C10H5ClF3N3O2/c1-4-9(17(18)19)10(11)16(15-4)8-3-6(13)5(12)2-7(8)14/h2-3H,1H3. The van der Waals surface area contributed by atoms with Crippen LogP contribution in [0.2, 0.25) is 5.15 Å². The fourth-order valence-corrected chi connectivity index (χ4v) is 1.87. The quantitative estimate of drug-likeness (QED) is 0.485. The van der Waals surface area contributed by atoms with Crippen molar-refractivity contribution in [1.29, 1.82) is 0 Å². The smallest absolute Gasteiger partial charge is 0.258 e. The fraction of sp³-hybridized carbons (Fsp3) is 0.100. The predicted octanol–water partition coefficient (Wildman–Crippen LogP) is 3.16. The van der Waals surface area contributed by atoms with Gasteiger partial charge in [0.25, 0.3) is 0 Å². The molecule has 0 saturated carbocycles. The van der Waals surface area contributed by atoms with Gasteiger partial charge < -0.3 is 0 Å². The third kappa shape index (κ3) is 2.14. The molecule has 9 heteroatoms. The Morgan fingerprint density at radius 2 is 1.84 bits per heavy atom. The van der Waals surface area contributed by atoms with Crippen LogP contribution in [0.3, 0.4) is 0 Å². The first-order valence-corrected chi connectivity index (χ1v) is 5.25. The van der Waals surface area contributed by atoms with Gasteiger partial charge in [-0.05, 0) is 6.92 Å². The van der Waals surface area contributed by atoms with Gasteiger partial charge in [-0.25, -0.2) is 17.9 Å². The zero-order chi connectivity index (χ0) is 14.3. The van der Waals surface area contributed by atoms with Crippen molar-refractivity contribution in [1.82, 2.24) is 9.78 Å². The first kappa shape index (κ1) is 13.3. The molecule has 0 saturated heterocycles. The minimum Gasteiger partial charge on any atom is -0.258 e. The number of aromatic nitrogens is 2. The molecule has 0 aliphatic carbocycles. The monoisotopic (exact) mass is 291 g/mol. The van der Waals surface area contributed by atoms with Gasteiger partial charge in [-0.2, -0.15) is 5.10 Å². The maximum absolute atomic E-state index is 13.5. The van der Waals surface area contributed by atoms with E-state index in [-0.39, 0.29) is 5.69 Å². The van der Waals surface area contributed by atoms with Crippen LogP contribution >= 0.6 is 11.6 Å². The lowest BCUT2D eigenvalue weighted by Crippen LogP contribution is -2.02. The Balaban J connectivity index is 2.70. The molecule has 0 fully saturated rings. The highest BCUT2D eigenvalue weighted by atomic mass is 35.5. The predicted molar refractivity (Wildman–Crippen MR) is 59.8 cm³/mol. The minimum atomic E-state index is -1.38. The highest BCUT2D eigenvalue weighted by Crippen LogP contribution is 2.31. The SMILES string of the molecule is Cc1nn(-c2cc(F)c(F)cc2F)c(Cl)c1[N+](=O)[O-]. The average Bonchev–Trinajstić information content (AvgIpc) is 2.59. The van der Waals surface area contributed by atoms with Crippen LogP contribution in [-0.2, 0) is 0 Å². The Bertz CT molecular complexity index is 687. The van der Waals surface area contributed by atoms with E-state index in [2.05, 4.69) is 5.10 Å². The first-order valence-electron chi connectivity index (χ1n) is 4.87. The van der Waals surface area contributed by atoms with Crippen molar-refractivity contribution < 1.29 is 18.1 Å². The number of nitrogens with zero attached hydrogens (tertiary/aromatic N) is 3. The zero-order valence-electron chi connectivity index (χ0n) is 9.32. The van der Waals surface area contributed by atoms with Crippen molar-refractivity contribution in [3.05, 3.63) is 50.5 Å². The summed E-state index contributed by atoms with van der Waals surface area (Å²) in [4.78, 5) is 9.94. The Morgan fingerprint density at radius 1 is 1.26 bits per heavy atom. The van der Waals surface area contributed by atoms with Gasteiger partial charge in [0.2, 0.25) is 5.15 Å². The first-order chi connectivity index (χ1) is 8.82. The summed E-state index contributed by atoms with van der Waals surface area (Å²) >= 11 is 5.70. The molecule has 100 valence electrons. The summed E-state index contributed by atoms with van der Waals surface area (Å²) in [5.41, 5.74) is -1.11.